The van der Waals surface area contributed by atoms with Crippen LogP contribution in [0.4, 0.5) is 0 Å². The lowest BCUT2D eigenvalue weighted by atomic mass is 10.3. The van der Waals surface area contributed by atoms with Gasteiger partial charge in [0.25, 0.3) is 0 Å². The maximum absolute atomic E-state index is 12.2. The number of aromatic nitrogens is 1. The number of piperazine rings is 1. The topological polar surface area (TPSA) is 77.2 Å². The van der Waals surface area contributed by atoms with Crippen LogP contribution >= 0.6 is 0 Å². The predicted octanol–water partition coefficient (Wildman–Crippen LogP) is 0.770. The average Bonchev–Trinajstić information content (AvgIpc) is 3.35. The van der Waals surface area contributed by atoms with E-state index >= 15 is 0 Å². The third-order valence-electron chi connectivity index (χ3n) is 4.93. The van der Waals surface area contributed by atoms with Gasteiger partial charge in [-0.3, -0.25) is 14.7 Å². The van der Waals surface area contributed by atoms with Gasteiger partial charge in [0.15, 0.2) is 5.96 Å². The van der Waals surface area contributed by atoms with Crippen LogP contribution in [0.5, 0.6) is 0 Å². The van der Waals surface area contributed by atoms with E-state index in [0.29, 0.717) is 13.0 Å². The molecule has 2 aliphatic rings. The molecule has 8 nitrogen and oxygen atoms in total. The van der Waals surface area contributed by atoms with Gasteiger partial charge in [-0.2, -0.15) is 0 Å². The quantitative estimate of drug-likeness (QED) is 0.595. The van der Waals surface area contributed by atoms with Crippen molar-refractivity contribution in [1.29, 1.82) is 0 Å². The SMILES string of the molecule is CCNC(=NCCC(=O)N1CCCC1)N1CCN(Cc2ccon2)CC1. The monoisotopic (exact) mass is 362 g/mol. The molecule has 0 unspecified atom stereocenters. The molecule has 0 bridgehead atoms. The van der Waals surface area contributed by atoms with Crippen LogP contribution in [0.2, 0.25) is 0 Å². The fraction of sp³-hybridized carbons (Fsp3) is 0.722. The molecule has 2 fully saturated rings. The van der Waals surface area contributed by atoms with E-state index in [4.69, 9.17) is 4.52 Å². The van der Waals surface area contributed by atoms with Gasteiger partial charge in [0.05, 0.1) is 12.2 Å². The summed E-state index contributed by atoms with van der Waals surface area (Å²) in [5.41, 5.74) is 0.972. The zero-order chi connectivity index (χ0) is 18.2. The lowest BCUT2D eigenvalue weighted by Gasteiger charge is -2.36. The number of nitrogens with zero attached hydrogens (tertiary/aromatic N) is 5. The highest BCUT2D eigenvalue weighted by Gasteiger charge is 2.21. The first-order valence-electron chi connectivity index (χ1n) is 9.69. The summed E-state index contributed by atoms with van der Waals surface area (Å²) in [6.07, 6.45) is 4.39. The number of likely N-dealkylation sites (tertiary alicyclic amines) is 1. The van der Waals surface area contributed by atoms with Gasteiger partial charge in [-0.25, -0.2) is 0 Å². The van der Waals surface area contributed by atoms with E-state index in [1.807, 2.05) is 11.0 Å². The largest absolute Gasteiger partial charge is 0.364 e. The minimum absolute atomic E-state index is 0.236. The summed E-state index contributed by atoms with van der Waals surface area (Å²) in [6.45, 7) is 9.87. The van der Waals surface area contributed by atoms with Crippen molar-refractivity contribution in [1.82, 2.24) is 25.2 Å². The molecule has 26 heavy (non-hydrogen) atoms. The molecule has 1 N–H and O–H groups in total. The summed E-state index contributed by atoms with van der Waals surface area (Å²) >= 11 is 0. The minimum Gasteiger partial charge on any atom is -0.364 e. The van der Waals surface area contributed by atoms with E-state index in [2.05, 4.69) is 32.2 Å². The molecule has 0 aliphatic carbocycles. The Morgan fingerprint density at radius 1 is 1.19 bits per heavy atom. The Morgan fingerprint density at radius 2 is 1.96 bits per heavy atom. The van der Waals surface area contributed by atoms with Gasteiger partial charge >= 0.3 is 0 Å². The molecule has 2 aliphatic heterocycles. The molecule has 1 aromatic heterocycles. The van der Waals surface area contributed by atoms with Crippen LogP contribution in [0.15, 0.2) is 21.8 Å². The highest BCUT2D eigenvalue weighted by atomic mass is 16.5. The normalized spacial score (nSPS) is 19.2. The first-order chi connectivity index (χ1) is 12.8. The Balaban J connectivity index is 1.45. The minimum atomic E-state index is 0.236. The third kappa shape index (κ3) is 5.20. The number of hydrogen-bond donors (Lipinski definition) is 1. The van der Waals surface area contributed by atoms with E-state index in [9.17, 15) is 4.79 Å². The molecule has 1 amide bonds. The van der Waals surface area contributed by atoms with E-state index < -0.39 is 0 Å². The van der Waals surface area contributed by atoms with E-state index in [-0.39, 0.29) is 5.91 Å². The lowest BCUT2D eigenvalue weighted by molar-refractivity contribution is -0.129. The van der Waals surface area contributed by atoms with Gasteiger partial charge in [0, 0.05) is 64.8 Å². The Hall–Kier alpha value is -2.09. The fourth-order valence-electron chi connectivity index (χ4n) is 3.47. The first-order valence-corrected chi connectivity index (χ1v) is 9.69. The highest BCUT2D eigenvalue weighted by Crippen LogP contribution is 2.10. The molecule has 3 heterocycles. The van der Waals surface area contributed by atoms with E-state index in [1.165, 1.54) is 0 Å². The van der Waals surface area contributed by atoms with Gasteiger partial charge in [-0.15, -0.1) is 0 Å². The van der Waals surface area contributed by atoms with E-state index in [0.717, 1.165) is 76.9 Å². The van der Waals surface area contributed by atoms with E-state index in [1.54, 1.807) is 6.26 Å². The molecule has 0 aromatic carbocycles. The Kier molecular flexibility index (Phi) is 6.88. The summed E-state index contributed by atoms with van der Waals surface area (Å²) in [5, 5.41) is 7.34. The summed E-state index contributed by atoms with van der Waals surface area (Å²) in [5.74, 6) is 1.15. The van der Waals surface area contributed by atoms with Crippen LogP contribution in [0.3, 0.4) is 0 Å². The average molecular weight is 362 g/mol. The zero-order valence-electron chi connectivity index (χ0n) is 15.7. The van der Waals surface area contributed by atoms with Crippen molar-refractivity contribution in [2.75, 3.05) is 52.4 Å². The molecular weight excluding hydrogens is 332 g/mol. The molecule has 2 saturated heterocycles. The Labute approximate surface area is 155 Å². The van der Waals surface area contributed by atoms with Crippen LogP contribution < -0.4 is 5.32 Å². The summed E-state index contributed by atoms with van der Waals surface area (Å²) in [4.78, 5) is 23.5. The van der Waals surface area contributed by atoms with Gasteiger partial charge in [0.2, 0.25) is 5.91 Å². The van der Waals surface area contributed by atoms with Gasteiger partial charge in [-0.1, -0.05) is 5.16 Å². The van der Waals surface area contributed by atoms with Crippen molar-refractivity contribution < 1.29 is 9.32 Å². The molecule has 1 aromatic rings. The summed E-state index contributed by atoms with van der Waals surface area (Å²) in [6, 6.07) is 1.91. The number of nitrogens with one attached hydrogen (secondary N) is 1. The van der Waals surface area contributed by atoms with Crippen molar-refractivity contribution in [3.63, 3.8) is 0 Å². The van der Waals surface area contributed by atoms with Gasteiger partial charge in [-0.05, 0) is 19.8 Å². The van der Waals surface area contributed by atoms with Crippen molar-refractivity contribution in [2.24, 2.45) is 4.99 Å². The van der Waals surface area contributed by atoms with Crippen LogP contribution in [0.1, 0.15) is 31.9 Å². The van der Waals surface area contributed by atoms with Crippen LogP contribution in [0, 0.1) is 0 Å². The highest BCUT2D eigenvalue weighted by molar-refractivity contribution is 5.81. The standard InChI is InChI=1S/C18H30N6O2/c1-2-19-18(20-7-5-17(25)23-8-3-4-9-23)24-12-10-22(11-13-24)15-16-6-14-26-21-16/h6,14H,2-5,7-13,15H2,1H3,(H,19,20). The molecule has 0 radical (unpaired) electrons. The smallest absolute Gasteiger partial charge is 0.224 e. The molecular formula is C18H30N6O2. The number of rotatable bonds is 6. The zero-order valence-corrected chi connectivity index (χ0v) is 15.7. The number of aliphatic imine (C=N–C) groups is 1. The van der Waals surface area contributed by atoms with Crippen molar-refractivity contribution >= 4 is 11.9 Å². The van der Waals surface area contributed by atoms with Crippen LogP contribution in [0.25, 0.3) is 0 Å². The Morgan fingerprint density at radius 3 is 2.62 bits per heavy atom. The maximum Gasteiger partial charge on any atom is 0.224 e. The fourth-order valence-corrected chi connectivity index (χ4v) is 3.47. The summed E-state index contributed by atoms with van der Waals surface area (Å²) in [7, 11) is 0. The molecule has 144 valence electrons. The van der Waals surface area contributed by atoms with Crippen molar-refractivity contribution in [3.8, 4) is 0 Å². The molecule has 0 saturated carbocycles. The van der Waals surface area contributed by atoms with Gasteiger partial charge < -0.3 is 19.6 Å². The second-order valence-electron chi connectivity index (χ2n) is 6.83. The van der Waals surface area contributed by atoms with Crippen LogP contribution in [-0.4, -0.2) is 84.1 Å². The van der Waals surface area contributed by atoms with Crippen molar-refractivity contribution in [3.05, 3.63) is 18.0 Å². The first kappa shape index (κ1) is 18.7. The number of hydrogen-bond acceptors (Lipinski definition) is 5. The number of guanidine groups is 1. The maximum atomic E-state index is 12.2. The molecule has 0 spiro atoms. The second-order valence-corrected chi connectivity index (χ2v) is 6.83. The van der Waals surface area contributed by atoms with Crippen LogP contribution in [-0.2, 0) is 11.3 Å². The Bertz CT molecular complexity index is 575. The van der Waals surface area contributed by atoms with Gasteiger partial charge in [0.1, 0.15) is 6.26 Å². The number of amides is 1. The molecule has 0 atom stereocenters. The molecule has 8 heteroatoms. The van der Waals surface area contributed by atoms with Crippen molar-refractivity contribution in [2.45, 2.75) is 32.7 Å². The summed E-state index contributed by atoms with van der Waals surface area (Å²) < 4.78 is 4.90. The molecule has 3 rings (SSSR count). The lowest BCUT2D eigenvalue weighted by Crippen LogP contribution is -2.52. The second kappa shape index (κ2) is 9.56. The third-order valence-corrected chi connectivity index (χ3v) is 4.93. The number of carbonyl (C=O) groups excluding carboxylic acids is 1. The number of carbonyl (C=O) groups is 1. The predicted molar refractivity (Wildman–Crippen MR) is 99.8 cm³/mol.